The Morgan fingerprint density at radius 3 is 2.40 bits per heavy atom. The first-order chi connectivity index (χ1) is 12.2. The van der Waals surface area contributed by atoms with Gasteiger partial charge in [0, 0.05) is 48.5 Å². The molecule has 128 valence electrons. The lowest BCUT2D eigenvalue weighted by Crippen LogP contribution is -2.49. The summed E-state index contributed by atoms with van der Waals surface area (Å²) in [5.74, 6) is 0.223. The van der Waals surface area contributed by atoms with Gasteiger partial charge < -0.3 is 14.8 Å². The van der Waals surface area contributed by atoms with E-state index < -0.39 is 0 Å². The molecule has 0 atom stereocenters. The normalized spacial score (nSPS) is 14.9. The van der Waals surface area contributed by atoms with E-state index in [0.29, 0.717) is 6.42 Å². The van der Waals surface area contributed by atoms with Crippen LogP contribution in [0, 0.1) is 6.92 Å². The van der Waals surface area contributed by atoms with Gasteiger partial charge in [-0.25, -0.2) is 0 Å². The molecule has 1 saturated heterocycles. The van der Waals surface area contributed by atoms with E-state index in [1.807, 2.05) is 23.1 Å². The Kier molecular flexibility index (Phi) is 4.18. The third kappa shape index (κ3) is 3.12. The monoisotopic (exact) mass is 333 g/mol. The molecule has 1 N–H and O–H groups in total. The number of piperazine rings is 1. The molecule has 0 unspecified atom stereocenters. The van der Waals surface area contributed by atoms with Crippen molar-refractivity contribution in [3.63, 3.8) is 0 Å². The molecule has 1 aliphatic heterocycles. The summed E-state index contributed by atoms with van der Waals surface area (Å²) in [6.45, 7) is 5.41. The summed E-state index contributed by atoms with van der Waals surface area (Å²) in [5, 5.41) is 1.16. The first kappa shape index (κ1) is 15.8. The van der Waals surface area contributed by atoms with Gasteiger partial charge in [0.15, 0.2) is 0 Å². The fourth-order valence-electron chi connectivity index (χ4n) is 3.68. The molecule has 2 heterocycles. The SMILES string of the molecule is Cc1[nH]c2ccccc2c1CC(=O)N1CCN(c2ccccc2)CC1. The molecule has 0 radical (unpaired) electrons. The molecule has 2 aromatic carbocycles. The van der Waals surface area contributed by atoms with Crippen LogP contribution in [-0.2, 0) is 11.2 Å². The van der Waals surface area contributed by atoms with Gasteiger partial charge in [-0.3, -0.25) is 4.79 Å². The van der Waals surface area contributed by atoms with Gasteiger partial charge in [-0.2, -0.15) is 0 Å². The van der Waals surface area contributed by atoms with Crippen molar-refractivity contribution < 1.29 is 4.79 Å². The highest BCUT2D eigenvalue weighted by Crippen LogP contribution is 2.23. The van der Waals surface area contributed by atoms with Crippen molar-refractivity contribution in [2.45, 2.75) is 13.3 Å². The summed E-state index contributed by atoms with van der Waals surface area (Å²) in [5.41, 5.74) is 4.57. The van der Waals surface area contributed by atoms with E-state index in [-0.39, 0.29) is 5.91 Å². The Morgan fingerprint density at radius 2 is 1.64 bits per heavy atom. The second kappa shape index (κ2) is 6.63. The Hall–Kier alpha value is -2.75. The molecule has 0 aliphatic carbocycles. The maximum Gasteiger partial charge on any atom is 0.227 e. The molecule has 4 nitrogen and oxygen atoms in total. The highest BCUT2D eigenvalue weighted by molar-refractivity contribution is 5.90. The van der Waals surface area contributed by atoms with Crippen molar-refractivity contribution in [1.82, 2.24) is 9.88 Å². The number of rotatable bonds is 3. The molecule has 1 aromatic heterocycles. The van der Waals surface area contributed by atoms with Gasteiger partial charge in [0.05, 0.1) is 6.42 Å². The predicted octanol–water partition coefficient (Wildman–Crippen LogP) is 3.37. The number of benzene rings is 2. The number of nitrogens with one attached hydrogen (secondary N) is 1. The van der Waals surface area contributed by atoms with Crippen molar-refractivity contribution in [3.05, 3.63) is 65.9 Å². The van der Waals surface area contributed by atoms with Crippen molar-refractivity contribution in [1.29, 1.82) is 0 Å². The Bertz CT molecular complexity index is 877. The van der Waals surface area contributed by atoms with Crippen molar-refractivity contribution in [2.75, 3.05) is 31.1 Å². The molecular weight excluding hydrogens is 310 g/mol. The minimum absolute atomic E-state index is 0.223. The lowest BCUT2D eigenvalue weighted by molar-refractivity contribution is -0.130. The zero-order valence-electron chi connectivity index (χ0n) is 14.5. The van der Waals surface area contributed by atoms with Crippen LogP contribution < -0.4 is 4.90 Å². The van der Waals surface area contributed by atoms with Gasteiger partial charge in [-0.1, -0.05) is 36.4 Å². The molecule has 0 saturated carbocycles. The average molecular weight is 333 g/mol. The maximum atomic E-state index is 12.8. The molecule has 1 amide bonds. The van der Waals surface area contributed by atoms with Crippen LogP contribution in [0.4, 0.5) is 5.69 Å². The number of carbonyl (C=O) groups is 1. The van der Waals surface area contributed by atoms with E-state index in [9.17, 15) is 4.79 Å². The number of amides is 1. The fourth-order valence-corrected chi connectivity index (χ4v) is 3.68. The molecular formula is C21H23N3O. The lowest BCUT2D eigenvalue weighted by atomic mass is 10.1. The molecule has 1 fully saturated rings. The summed E-state index contributed by atoms with van der Waals surface area (Å²) in [6, 6.07) is 18.6. The van der Waals surface area contributed by atoms with Crippen molar-refractivity contribution in [3.8, 4) is 0 Å². The van der Waals surface area contributed by atoms with E-state index >= 15 is 0 Å². The Morgan fingerprint density at radius 1 is 0.960 bits per heavy atom. The van der Waals surface area contributed by atoms with Crippen LogP contribution in [0.25, 0.3) is 10.9 Å². The van der Waals surface area contributed by atoms with E-state index in [4.69, 9.17) is 0 Å². The van der Waals surface area contributed by atoms with E-state index in [0.717, 1.165) is 48.3 Å². The number of hydrogen-bond acceptors (Lipinski definition) is 2. The summed E-state index contributed by atoms with van der Waals surface area (Å²) in [6.07, 6.45) is 0.473. The van der Waals surface area contributed by atoms with Gasteiger partial charge in [0.25, 0.3) is 0 Å². The number of hydrogen-bond donors (Lipinski definition) is 1. The number of carbonyl (C=O) groups excluding carboxylic acids is 1. The van der Waals surface area contributed by atoms with Crippen LogP contribution in [0.1, 0.15) is 11.3 Å². The lowest BCUT2D eigenvalue weighted by Gasteiger charge is -2.36. The quantitative estimate of drug-likeness (QED) is 0.798. The second-order valence-electron chi connectivity index (χ2n) is 6.65. The smallest absolute Gasteiger partial charge is 0.227 e. The van der Waals surface area contributed by atoms with E-state index in [1.54, 1.807) is 0 Å². The first-order valence-corrected chi connectivity index (χ1v) is 8.86. The number of aromatic nitrogens is 1. The highest BCUT2D eigenvalue weighted by atomic mass is 16.2. The van der Waals surface area contributed by atoms with Crippen molar-refractivity contribution in [2.24, 2.45) is 0 Å². The largest absolute Gasteiger partial charge is 0.368 e. The van der Waals surface area contributed by atoms with Crippen LogP contribution >= 0.6 is 0 Å². The summed E-state index contributed by atoms with van der Waals surface area (Å²) in [4.78, 5) is 20.5. The molecule has 25 heavy (non-hydrogen) atoms. The standard InChI is InChI=1S/C21H23N3O/c1-16-19(18-9-5-6-10-20(18)22-16)15-21(25)24-13-11-23(12-14-24)17-7-3-2-4-8-17/h2-10,22H,11-15H2,1H3. The molecule has 4 rings (SSSR count). The third-order valence-electron chi connectivity index (χ3n) is 5.11. The van der Waals surface area contributed by atoms with Gasteiger partial charge in [-0.15, -0.1) is 0 Å². The van der Waals surface area contributed by atoms with Crippen LogP contribution in [0.15, 0.2) is 54.6 Å². The van der Waals surface area contributed by atoms with Gasteiger partial charge in [0.1, 0.15) is 0 Å². The van der Waals surface area contributed by atoms with Crippen molar-refractivity contribution >= 4 is 22.5 Å². The molecule has 1 aliphatic rings. The Balaban J connectivity index is 1.43. The van der Waals surface area contributed by atoms with Gasteiger partial charge in [0.2, 0.25) is 5.91 Å². The average Bonchev–Trinajstić information content (AvgIpc) is 2.98. The van der Waals surface area contributed by atoms with E-state index in [1.165, 1.54) is 5.69 Å². The number of para-hydroxylation sites is 2. The summed E-state index contributed by atoms with van der Waals surface area (Å²) >= 11 is 0. The highest BCUT2D eigenvalue weighted by Gasteiger charge is 2.22. The van der Waals surface area contributed by atoms with Crippen LogP contribution in [0.2, 0.25) is 0 Å². The molecule has 0 bridgehead atoms. The molecule has 3 aromatic rings. The van der Waals surface area contributed by atoms with Crippen LogP contribution in [0.5, 0.6) is 0 Å². The van der Waals surface area contributed by atoms with Crippen LogP contribution in [0.3, 0.4) is 0 Å². The van der Waals surface area contributed by atoms with E-state index in [2.05, 4.69) is 53.2 Å². The van der Waals surface area contributed by atoms with Gasteiger partial charge >= 0.3 is 0 Å². The molecule has 0 spiro atoms. The number of anilines is 1. The number of aryl methyl sites for hydroxylation is 1. The Labute approximate surface area is 148 Å². The third-order valence-corrected chi connectivity index (χ3v) is 5.11. The zero-order valence-corrected chi connectivity index (χ0v) is 14.5. The number of nitrogens with zero attached hydrogens (tertiary/aromatic N) is 2. The number of H-pyrrole nitrogens is 1. The number of fused-ring (bicyclic) bond motifs is 1. The minimum Gasteiger partial charge on any atom is -0.368 e. The molecule has 4 heteroatoms. The maximum absolute atomic E-state index is 12.8. The minimum atomic E-state index is 0.223. The summed E-state index contributed by atoms with van der Waals surface area (Å²) in [7, 11) is 0. The van der Waals surface area contributed by atoms with Gasteiger partial charge in [-0.05, 0) is 30.7 Å². The topological polar surface area (TPSA) is 39.3 Å². The first-order valence-electron chi connectivity index (χ1n) is 8.86. The zero-order chi connectivity index (χ0) is 17.2. The summed E-state index contributed by atoms with van der Waals surface area (Å²) < 4.78 is 0. The number of aromatic amines is 1. The van der Waals surface area contributed by atoms with Crippen LogP contribution in [-0.4, -0.2) is 42.0 Å². The second-order valence-corrected chi connectivity index (χ2v) is 6.65. The fraction of sp³-hybridized carbons (Fsp3) is 0.286. The predicted molar refractivity (Wildman–Crippen MR) is 102 cm³/mol.